The van der Waals surface area contributed by atoms with E-state index in [1.807, 2.05) is 71.3 Å². The molecule has 0 saturated carbocycles. The van der Waals surface area contributed by atoms with Crippen LogP contribution in [0.25, 0.3) is 11.3 Å². The molecule has 0 atom stereocenters. The van der Waals surface area contributed by atoms with Crippen LogP contribution < -0.4 is 5.32 Å². The predicted molar refractivity (Wildman–Crippen MR) is 110 cm³/mol. The summed E-state index contributed by atoms with van der Waals surface area (Å²) in [6.45, 7) is 2.21. The molecule has 0 radical (unpaired) electrons. The van der Waals surface area contributed by atoms with E-state index in [1.165, 1.54) is 5.56 Å². The number of hydrogen-bond donors (Lipinski definition) is 2. The van der Waals surface area contributed by atoms with Gasteiger partial charge in [0.2, 0.25) is 5.91 Å². The van der Waals surface area contributed by atoms with Crippen LogP contribution >= 0.6 is 0 Å². The van der Waals surface area contributed by atoms with Crippen molar-refractivity contribution in [2.24, 2.45) is 0 Å². The Morgan fingerprint density at radius 3 is 2.32 bits per heavy atom. The molecule has 0 aliphatic rings. The molecule has 3 aromatic rings. The fraction of sp³-hybridized carbons (Fsp3) is 0.217. The van der Waals surface area contributed by atoms with Gasteiger partial charge in [-0.1, -0.05) is 49.4 Å². The fourth-order valence-corrected chi connectivity index (χ4v) is 3.18. The Morgan fingerprint density at radius 2 is 1.68 bits per heavy atom. The number of rotatable bonds is 8. The number of benzene rings is 2. The van der Waals surface area contributed by atoms with E-state index in [9.17, 15) is 9.59 Å². The summed E-state index contributed by atoms with van der Waals surface area (Å²) in [5.41, 5.74) is 4.69. The molecule has 0 unspecified atom stereocenters. The first-order valence-corrected chi connectivity index (χ1v) is 9.41. The van der Waals surface area contributed by atoms with Crippen molar-refractivity contribution in [3.8, 4) is 11.3 Å². The molecule has 144 valence electrons. The molecule has 0 spiro atoms. The van der Waals surface area contributed by atoms with Crippen LogP contribution in [-0.4, -0.2) is 21.6 Å². The number of hydrogen-bond acceptors (Lipinski definition) is 2. The second-order valence-electron chi connectivity index (χ2n) is 6.65. The van der Waals surface area contributed by atoms with Gasteiger partial charge in [-0.25, -0.2) is 0 Å². The maximum atomic E-state index is 12.7. The summed E-state index contributed by atoms with van der Waals surface area (Å²) in [5.74, 6) is -0.997. The molecule has 1 heterocycles. The molecule has 0 aliphatic carbocycles. The lowest BCUT2D eigenvalue weighted by Gasteiger charge is -2.14. The quantitative estimate of drug-likeness (QED) is 0.613. The fourth-order valence-electron chi connectivity index (χ4n) is 3.18. The lowest BCUT2D eigenvalue weighted by molar-refractivity contribution is -0.137. The number of carbonyl (C=O) groups is 2. The normalized spacial score (nSPS) is 10.6. The molecule has 0 bridgehead atoms. The minimum Gasteiger partial charge on any atom is -0.481 e. The Hall–Kier alpha value is -3.34. The maximum Gasteiger partial charge on any atom is 0.303 e. The second-order valence-corrected chi connectivity index (χ2v) is 6.65. The van der Waals surface area contributed by atoms with Crippen LogP contribution in [0.5, 0.6) is 0 Å². The molecule has 5 heteroatoms. The zero-order chi connectivity index (χ0) is 19.9. The number of amides is 1. The number of nitrogens with one attached hydrogen (secondary N) is 1. The van der Waals surface area contributed by atoms with Crippen molar-refractivity contribution in [1.82, 2.24) is 4.57 Å². The van der Waals surface area contributed by atoms with E-state index in [4.69, 9.17) is 5.11 Å². The number of carboxylic acid groups (broad SMARTS) is 1. The van der Waals surface area contributed by atoms with Gasteiger partial charge in [0.15, 0.2) is 0 Å². The highest BCUT2D eigenvalue weighted by Crippen LogP contribution is 2.23. The molecule has 5 nitrogen and oxygen atoms in total. The van der Waals surface area contributed by atoms with Gasteiger partial charge >= 0.3 is 5.97 Å². The predicted octanol–water partition coefficient (Wildman–Crippen LogP) is 4.37. The van der Waals surface area contributed by atoms with E-state index in [-0.39, 0.29) is 18.9 Å². The van der Waals surface area contributed by atoms with Crippen molar-refractivity contribution in [3.05, 3.63) is 78.0 Å². The highest BCUT2D eigenvalue weighted by atomic mass is 16.4. The topological polar surface area (TPSA) is 71.3 Å². The Balaban J connectivity index is 1.82. The minimum absolute atomic E-state index is 0.0261. The van der Waals surface area contributed by atoms with Gasteiger partial charge in [-0.3, -0.25) is 9.59 Å². The SMILES string of the molecule is CCc1ccc(NC(=O)Cn2c(CCC(=O)O)ccc2-c2ccccc2)cc1. The van der Waals surface area contributed by atoms with Crippen LogP contribution in [0.2, 0.25) is 0 Å². The average molecular weight is 376 g/mol. The molecule has 2 aromatic carbocycles. The minimum atomic E-state index is -0.852. The van der Waals surface area contributed by atoms with Gasteiger partial charge in [0.1, 0.15) is 6.54 Å². The third-order valence-corrected chi connectivity index (χ3v) is 4.68. The summed E-state index contributed by atoms with van der Waals surface area (Å²) in [4.78, 5) is 23.6. The average Bonchev–Trinajstić information content (AvgIpc) is 3.10. The standard InChI is InChI=1S/C23H24N2O3/c1-2-17-8-10-19(11-9-17)24-22(26)16-25-20(13-15-23(27)28)12-14-21(25)18-6-4-3-5-7-18/h3-12,14H,2,13,15-16H2,1H3,(H,24,26)(H,27,28). The molecule has 3 rings (SSSR count). The summed E-state index contributed by atoms with van der Waals surface area (Å²) in [6, 6.07) is 21.4. The number of aliphatic carboxylic acids is 1. The molecule has 1 amide bonds. The number of carbonyl (C=O) groups excluding carboxylic acids is 1. The van der Waals surface area contributed by atoms with E-state index < -0.39 is 5.97 Å². The first-order chi connectivity index (χ1) is 13.6. The van der Waals surface area contributed by atoms with E-state index >= 15 is 0 Å². The maximum absolute atomic E-state index is 12.7. The molecule has 0 saturated heterocycles. The first kappa shape index (κ1) is 19.4. The van der Waals surface area contributed by atoms with Gasteiger partial charge in [0.05, 0.1) is 6.42 Å². The van der Waals surface area contributed by atoms with Gasteiger partial charge in [-0.15, -0.1) is 0 Å². The van der Waals surface area contributed by atoms with Crippen LogP contribution in [0.1, 0.15) is 24.6 Å². The van der Waals surface area contributed by atoms with Crippen LogP contribution in [0, 0.1) is 0 Å². The third kappa shape index (κ3) is 4.88. The first-order valence-electron chi connectivity index (χ1n) is 9.41. The smallest absolute Gasteiger partial charge is 0.303 e. The Kier molecular flexibility index (Phi) is 6.27. The van der Waals surface area contributed by atoms with E-state index in [1.54, 1.807) is 0 Å². The Bertz CT molecular complexity index is 944. The number of aromatic nitrogens is 1. The summed E-state index contributed by atoms with van der Waals surface area (Å²) in [5, 5.41) is 11.9. The molecule has 0 fully saturated rings. The van der Waals surface area contributed by atoms with Crippen molar-refractivity contribution in [2.45, 2.75) is 32.7 Å². The van der Waals surface area contributed by atoms with E-state index in [0.29, 0.717) is 6.42 Å². The van der Waals surface area contributed by atoms with Crippen molar-refractivity contribution >= 4 is 17.6 Å². The van der Waals surface area contributed by atoms with Gasteiger partial charge in [0, 0.05) is 17.1 Å². The van der Waals surface area contributed by atoms with Gasteiger partial charge in [-0.2, -0.15) is 0 Å². The summed E-state index contributed by atoms with van der Waals surface area (Å²) in [6.07, 6.45) is 1.35. The zero-order valence-corrected chi connectivity index (χ0v) is 15.9. The number of carboxylic acids is 1. The van der Waals surface area contributed by atoms with Gasteiger partial charge in [-0.05, 0) is 48.2 Å². The summed E-state index contributed by atoms with van der Waals surface area (Å²) < 4.78 is 1.90. The molecule has 2 N–H and O–H groups in total. The monoisotopic (exact) mass is 376 g/mol. The molecule has 1 aromatic heterocycles. The van der Waals surface area contributed by atoms with Crippen molar-refractivity contribution < 1.29 is 14.7 Å². The molecule has 28 heavy (non-hydrogen) atoms. The van der Waals surface area contributed by atoms with Crippen LogP contribution in [0.3, 0.4) is 0 Å². The van der Waals surface area contributed by atoms with Crippen molar-refractivity contribution in [2.75, 3.05) is 5.32 Å². The lowest BCUT2D eigenvalue weighted by Crippen LogP contribution is -2.21. The number of nitrogens with zero attached hydrogens (tertiary/aromatic N) is 1. The summed E-state index contributed by atoms with van der Waals surface area (Å²) in [7, 11) is 0. The Labute approximate surface area is 164 Å². The molecule has 0 aliphatic heterocycles. The van der Waals surface area contributed by atoms with Gasteiger partial charge in [0.25, 0.3) is 0 Å². The van der Waals surface area contributed by atoms with Crippen molar-refractivity contribution in [3.63, 3.8) is 0 Å². The lowest BCUT2D eigenvalue weighted by atomic mass is 10.1. The molecular weight excluding hydrogens is 352 g/mol. The number of aryl methyl sites for hydroxylation is 2. The molecular formula is C23H24N2O3. The Morgan fingerprint density at radius 1 is 0.964 bits per heavy atom. The van der Waals surface area contributed by atoms with E-state index in [2.05, 4.69) is 12.2 Å². The zero-order valence-electron chi connectivity index (χ0n) is 15.9. The second kappa shape index (κ2) is 9.04. The highest BCUT2D eigenvalue weighted by Gasteiger charge is 2.14. The van der Waals surface area contributed by atoms with Crippen LogP contribution in [-0.2, 0) is 29.0 Å². The van der Waals surface area contributed by atoms with E-state index in [0.717, 1.165) is 29.1 Å². The van der Waals surface area contributed by atoms with Crippen LogP contribution in [0.4, 0.5) is 5.69 Å². The van der Waals surface area contributed by atoms with Crippen LogP contribution in [0.15, 0.2) is 66.7 Å². The number of anilines is 1. The van der Waals surface area contributed by atoms with Crippen molar-refractivity contribution in [1.29, 1.82) is 0 Å². The highest BCUT2D eigenvalue weighted by molar-refractivity contribution is 5.91. The van der Waals surface area contributed by atoms with Gasteiger partial charge < -0.3 is 15.0 Å². The summed E-state index contributed by atoms with van der Waals surface area (Å²) >= 11 is 0. The third-order valence-electron chi connectivity index (χ3n) is 4.68. The largest absolute Gasteiger partial charge is 0.481 e.